The molecule has 1 aliphatic rings. The first kappa shape index (κ1) is 18.2. The number of piperidine rings is 1. The first-order valence-corrected chi connectivity index (χ1v) is 9.41. The number of carbonyl (C=O) groups is 2. The summed E-state index contributed by atoms with van der Waals surface area (Å²) in [4.78, 5) is 26.1. The summed E-state index contributed by atoms with van der Waals surface area (Å²) in [6.45, 7) is 2.14. The van der Waals surface area contributed by atoms with Crippen LogP contribution in [-0.4, -0.2) is 36.3 Å². The number of rotatable bonds is 6. The molecular weight excluding hydrogens is 324 g/mol. The monoisotopic (exact) mass is 350 g/mol. The molecule has 1 heterocycles. The number of hydrogen-bond acceptors (Lipinski definition) is 2. The Bertz CT molecular complexity index is 720. The predicted octanol–water partition coefficient (Wildman–Crippen LogP) is 3.41. The molecule has 1 saturated heterocycles. The maximum absolute atomic E-state index is 12.1. The number of amides is 2. The van der Waals surface area contributed by atoms with E-state index < -0.39 is 0 Å². The van der Waals surface area contributed by atoms with E-state index in [0.29, 0.717) is 19.4 Å². The Hall–Kier alpha value is -2.62. The van der Waals surface area contributed by atoms with Crippen LogP contribution in [0, 0.1) is 0 Å². The van der Waals surface area contributed by atoms with Crippen molar-refractivity contribution < 1.29 is 9.59 Å². The maximum atomic E-state index is 12.1. The fourth-order valence-corrected chi connectivity index (χ4v) is 3.30. The molecule has 1 aliphatic heterocycles. The van der Waals surface area contributed by atoms with Crippen molar-refractivity contribution in [2.24, 2.45) is 0 Å². The summed E-state index contributed by atoms with van der Waals surface area (Å²) in [5, 5.41) is 2.86. The summed E-state index contributed by atoms with van der Waals surface area (Å²) in [6.07, 6.45) is 4.13. The van der Waals surface area contributed by atoms with Gasteiger partial charge in [-0.05, 0) is 36.0 Å². The van der Waals surface area contributed by atoms with Crippen LogP contribution in [0.25, 0.3) is 11.1 Å². The highest BCUT2D eigenvalue weighted by Gasteiger charge is 2.16. The third kappa shape index (κ3) is 5.19. The Kier molecular flexibility index (Phi) is 6.42. The van der Waals surface area contributed by atoms with Crippen molar-refractivity contribution in [3.05, 3.63) is 60.2 Å². The molecule has 26 heavy (non-hydrogen) atoms. The van der Waals surface area contributed by atoms with Crippen molar-refractivity contribution in [3.63, 3.8) is 0 Å². The van der Waals surface area contributed by atoms with E-state index in [-0.39, 0.29) is 11.8 Å². The summed E-state index contributed by atoms with van der Waals surface area (Å²) in [5.74, 6) is 0.112. The number of hydrogen-bond donors (Lipinski definition) is 1. The van der Waals surface area contributed by atoms with E-state index in [2.05, 4.69) is 17.4 Å². The van der Waals surface area contributed by atoms with Gasteiger partial charge in [-0.25, -0.2) is 0 Å². The Labute approximate surface area is 155 Å². The Balaban J connectivity index is 1.42. The first-order valence-electron chi connectivity index (χ1n) is 9.41. The van der Waals surface area contributed by atoms with Gasteiger partial charge >= 0.3 is 0 Å². The molecular formula is C22H26N2O2. The number of benzene rings is 2. The molecule has 2 aromatic carbocycles. The minimum atomic E-state index is -0.0381. The summed E-state index contributed by atoms with van der Waals surface area (Å²) < 4.78 is 0. The Morgan fingerprint density at radius 2 is 1.50 bits per heavy atom. The van der Waals surface area contributed by atoms with E-state index in [9.17, 15) is 9.59 Å². The second-order valence-electron chi connectivity index (χ2n) is 6.78. The number of nitrogens with zero attached hydrogens (tertiary/aromatic N) is 1. The molecule has 0 radical (unpaired) electrons. The van der Waals surface area contributed by atoms with Crippen molar-refractivity contribution >= 4 is 11.8 Å². The van der Waals surface area contributed by atoms with E-state index in [1.807, 2.05) is 47.4 Å². The lowest BCUT2D eigenvalue weighted by atomic mass is 10.0. The van der Waals surface area contributed by atoms with Gasteiger partial charge in [0.2, 0.25) is 11.8 Å². The molecule has 1 fully saturated rings. The average Bonchev–Trinajstić information content (AvgIpc) is 2.70. The van der Waals surface area contributed by atoms with Gasteiger partial charge in [0.25, 0.3) is 0 Å². The highest BCUT2D eigenvalue weighted by Crippen LogP contribution is 2.19. The molecule has 0 aromatic heterocycles. The number of carbonyl (C=O) groups excluding carboxylic acids is 2. The molecule has 0 bridgehead atoms. The number of likely N-dealkylation sites (tertiary alicyclic amines) is 1. The molecule has 0 saturated carbocycles. The van der Waals surface area contributed by atoms with E-state index in [1.54, 1.807) is 0 Å². The smallest absolute Gasteiger partial charge is 0.224 e. The van der Waals surface area contributed by atoms with E-state index in [4.69, 9.17) is 0 Å². The molecule has 1 N–H and O–H groups in total. The Morgan fingerprint density at radius 1 is 0.846 bits per heavy atom. The van der Waals surface area contributed by atoms with E-state index in [1.165, 1.54) is 12.0 Å². The van der Waals surface area contributed by atoms with Crippen molar-refractivity contribution in [1.29, 1.82) is 0 Å². The molecule has 2 aromatic rings. The van der Waals surface area contributed by atoms with E-state index in [0.717, 1.165) is 37.1 Å². The minimum Gasteiger partial charge on any atom is -0.355 e. The van der Waals surface area contributed by atoms with Gasteiger partial charge in [0.15, 0.2) is 0 Å². The van der Waals surface area contributed by atoms with E-state index >= 15 is 0 Å². The Morgan fingerprint density at radius 3 is 2.19 bits per heavy atom. The largest absolute Gasteiger partial charge is 0.355 e. The zero-order valence-electron chi connectivity index (χ0n) is 15.1. The van der Waals surface area contributed by atoms with Gasteiger partial charge in [0.1, 0.15) is 0 Å². The lowest BCUT2D eigenvalue weighted by Gasteiger charge is -2.26. The molecule has 0 atom stereocenters. The van der Waals surface area contributed by atoms with Crippen molar-refractivity contribution in [1.82, 2.24) is 10.2 Å². The van der Waals surface area contributed by atoms with Gasteiger partial charge in [-0.3, -0.25) is 9.59 Å². The van der Waals surface area contributed by atoms with Crippen molar-refractivity contribution in [2.75, 3.05) is 19.6 Å². The van der Waals surface area contributed by atoms with Crippen LogP contribution in [0.1, 0.15) is 31.2 Å². The van der Waals surface area contributed by atoms with Crippen molar-refractivity contribution in [2.45, 2.75) is 32.1 Å². The topological polar surface area (TPSA) is 49.4 Å². The third-order valence-electron chi connectivity index (χ3n) is 4.80. The van der Waals surface area contributed by atoms with Crippen LogP contribution in [0.15, 0.2) is 54.6 Å². The lowest BCUT2D eigenvalue weighted by Crippen LogP contribution is -2.38. The van der Waals surface area contributed by atoms with Gasteiger partial charge in [-0.15, -0.1) is 0 Å². The molecule has 0 aliphatic carbocycles. The first-order chi connectivity index (χ1) is 12.7. The summed E-state index contributed by atoms with van der Waals surface area (Å²) in [6, 6.07) is 18.2. The molecule has 4 heteroatoms. The lowest BCUT2D eigenvalue weighted by molar-refractivity contribution is -0.132. The molecule has 3 rings (SSSR count). The van der Waals surface area contributed by atoms with Crippen LogP contribution in [0.5, 0.6) is 0 Å². The number of nitrogens with one attached hydrogen (secondary N) is 1. The SMILES string of the molecule is O=C(Cc1ccc(-c2ccccc2)cc1)NCCC(=O)N1CCCCC1. The zero-order chi connectivity index (χ0) is 18.2. The van der Waals surface area contributed by atoms with Crippen LogP contribution in [0.3, 0.4) is 0 Å². The molecule has 0 unspecified atom stereocenters. The van der Waals surface area contributed by atoms with Crippen LogP contribution in [0.2, 0.25) is 0 Å². The van der Waals surface area contributed by atoms with Crippen LogP contribution in [-0.2, 0) is 16.0 Å². The summed E-state index contributed by atoms with van der Waals surface area (Å²) in [7, 11) is 0. The minimum absolute atomic E-state index is 0.0381. The third-order valence-corrected chi connectivity index (χ3v) is 4.80. The second kappa shape index (κ2) is 9.18. The fraction of sp³-hybridized carbons (Fsp3) is 0.364. The van der Waals surface area contributed by atoms with Gasteiger partial charge in [-0.2, -0.15) is 0 Å². The average molecular weight is 350 g/mol. The highest BCUT2D eigenvalue weighted by atomic mass is 16.2. The van der Waals surface area contributed by atoms with Crippen LogP contribution >= 0.6 is 0 Å². The maximum Gasteiger partial charge on any atom is 0.224 e. The summed E-state index contributed by atoms with van der Waals surface area (Å²) in [5.41, 5.74) is 3.28. The molecule has 0 spiro atoms. The van der Waals surface area contributed by atoms with Gasteiger partial charge in [-0.1, -0.05) is 54.6 Å². The van der Waals surface area contributed by atoms with Gasteiger partial charge in [0, 0.05) is 26.1 Å². The molecule has 4 nitrogen and oxygen atoms in total. The van der Waals surface area contributed by atoms with Crippen molar-refractivity contribution in [3.8, 4) is 11.1 Å². The second-order valence-corrected chi connectivity index (χ2v) is 6.78. The van der Waals surface area contributed by atoms with Gasteiger partial charge in [0.05, 0.1) is 6.42 Å². The molecule has 2 amide bonds. The van der Waals surface area contributed by atoms with Crippen LogP contribution < -0.4 is 5.32 Å². The zero-order valence-corrected chi connectivity index (χ0v) is 15.1. The van der Waals surface area contributed by atoms with Gasteiger partial charge < -0.3 is 10.2 Å². The fourth-order valence-electron chi connectivity index (χ4n) is 3.30. The quantitative estimate of drug-likeness (QED) is 0.868. The summed E-state index contributed by atoms with van der Waals surface area (Å²) >= 11 is 0. The predicted molar refractivity (Wildman–Crippen MR) is 104 cm³/mol. The normalized spacial score (nSPS) is 14.1. The van der Waals surface area contributed by atoms with Crippen LogP contribution in [0.4, 0.5) is 0 Å². The highest BCUT2D eigenvalue weighted by molar-refractivity contribution is 5.80. The standard InChI is InChI=1S/C22H26N2O2/c25-21(23-14-13-22(26)24-15-5-2-6-16-24)17-18-9-11-20(12-10-18)19-7-3-1-4-8-19/h1,3-4,7-12H,2,5-6,13-17H2,(H,23,25). The molecule has 136 valence electrons.